The topological polar surface area (TPSA) is 36.9 Å². The molecule has 2 heterocycles. The van der Waals surface area contributed by atoms with E-state index in [0.717, 1.165) is 19.4 Å². The van der Waals surface area contributed by atoms with Crippen LogP contribution in [-0.4, -0.2) is 41.6 Å². The maximum atomic E-state index is 6.86. The predicted octanol–water partition coefficient (Wildman–Crippen LogP) is 6.06. The number of rotatable bonds is 5. The summed E-state index contributed by atoms with van der Waals surface area (Å²) < 4.78 is 13.6. The zero-order valence-electron chi connectivity index (χ0n) is 19.7. The Morgan fingerprint density at radius 1 is 0.929 bits per heavy atom. The molecule has 6 heteroatoms. The van der Waals surface area contributed by atoms with Gasteiger partial charge >= 0.3 is 0 Å². The first-order valence-corrected chi connectivity index (χ1v) is 16.7. The Morgan fingerprint density at radius 2 is 1.54 bits per heavy atom. The van der Waals surface area contributed by atoms with E-state index in [1.165, 1.54) is 0 Å². The van der Waals surface area contributed by atoms with Gasteiger partial charge < -0.3 is 8.85 Å². The first kappa shape index (κ1) is 22.7. The molecule has 1 saturated carbocycles. The molecule has 2 bridgehead atoms. The van der Waals surface area contributed by atoms with Gasteiger partial charge in [0.25, 0.3) is 0 Å². The van der Waals surface area contributed by atoms with Crippen LogP contribution >= 0.6 is 0 Å². The van der Waals surface area contributed by atoms with Gasteiger partial charge in [-0.05, 0) is 49.1 Å². The predicted molar refractivity (Wildman–Crippen MR) is 119 cm³/mol. The molecular weight excluding hydrogens is 384 g/mol. The molecule has 0 unspecified atom stereocenters. The molecule has 0 aromatic carbocycles. The van der Waals surface area contributed by atoms with Gasteiger partial charge in [-0.25, -0.2) is 9.78 Å². The van der Waals surface area contributed by atoms with Crippen LogP contribution in [0.5, 0.6) is 0 Å². The maximum absolute atomic E-state index is 6.86. The van der Waals surface area contributed by atoms with Crippen LogP contribution in [0.15, 0.2) is 12.2 Å². The second-order valence-electron chi connectivity index (χ2n) is 12.3. The normalized spacial score (nSPS) is 36.1. The SMILES string of the molecule is CC(C)(C)[Si](C)(C)OC[C@@]12C[C@@H](O[Si](C)(C)C(C)(C)C)C[C@@H]1[C@@H]1C=C[C@H]2OO1. The molecule has 4 rings (SSSR count). The Hall–Kier alpha value is 0.0138. The van der Waals surface area contributed by atoms with Crippen LogP contribution in [0.1, 0.15) is 54.4 Å². The van der Waals surface area contributed by atoms with Crippen LogP contribution in [0.3, 0.4) is 0 Å². The van der Waals surface area contributed by atoms with E-state index < -0.39 is 16.6 Å². The van der Waals surface area contributed by atoms with Crippen molar-refractivity contribution < 1.29 is 18.6 Å². The third-order valence-corrected chi connectivity index (χ3v) is 17.4. The lowest BCUT2D eigenvalue weighted by Gasteiger charge is -2.50. The molecular formula is C22H42O4Si2. The second kappa shape index (κ2) is 7.02. The Morgan fingerprint density at radius 3 is 2.04 bits per heavy atom. The van der Waals surface area contributed by atoms with E-state index in [0.29, 0.717) is 5.92 Å². The van der Waals surface area contributed by atoms with Crippen LogP contribution < -0.4 is 0 Å². The quantitative estimate of drug-likeness (QED) is 0.304. The molecule has 4 nitrogen and oxygen atoms in total. The summed E-state index contributed by atoms with van der Waals surface area (Å²) in [7, 11) is -3.65. The fraction of sp³-hybridized carbons (Fsp3) is 0.909. The lowest BCUT2D eigenvalue weighted by Crippen LogP contribution is -2.56. The summed E-state index contributed by atoms with van der Waals surface area (Å²) in [6.07, 6.45) is 6.72. The van der Waals surface area contributed by atoms with Gasteiger partial charge in [0.2, 0.25) is 0 Å². The molecule has 0 amide bonds. The van der Waals surface area contributed by atoms with Gasteiger partial charge in [0, 0.05) is 24.0 Å². The van der Waals surface area contributed by atoms with Crippen molar-refractivity contribution in [2.24, 2.45) is 11.3 Å². The van der Waals surface area contributed by atoms with Crippen molar-refractivity contribution in [3.63, 3.8) is 0 Å². The molecule has 5 atom stereocenters. The molecule has 0 N–H and O–H groups in total. The summed E-state index contributed by atoms with van der Waals surface area (Å²) in [6.45, 7) is 24.0. The van der Waals surface area contributed by atoms with Gasteiger partial charge in [0.05, 0.1) is 0 Å². The Labute approximate surface area is 174 Å². The molecule has 4 aliphatic rings. The van der Waals surface area contributed by atoms with E-state index in [1.807, 2.05) is 0 Å². The lowest BCUT2D eigenvalue weighted by molar-refractivity contribution is -0.405. The van der Waals surface area contributed by atoms with E-state index in [4.69, 9.17) is 18.6 Å². The molecule has 0 radical (unpaired) electrons. The fourth-order valence-electron chi connectivity index (χ4n) is 4.31. The highest BCUT2D eigenvalue weighted by Gasteiger charge is 2.61. The summed E-state index contributed by atoms with van der Waals surface area (Å²) in [4.78, 5) is 11.5. The molecule has 2 aliphatic carbocycles. The zero-order chi connectivity index (χ0) is 21.2. The van der Waals surface area contributed by atoms with Crippen molar-refractivity contribution in [1.29, 1.82) is 0 Å². The first-order valence-electron chi connectivity index (χ1n) is 10.9. The van der Waals surface area contributed by atoms with Crippen molar-refractivity contribution in [3.8, 4) is 0 Å². The van der Waals surface area contributed by atoms with Gasteiger partial charge in [-0.3, -0.25) is 0 Å². The van der Waals surface area contributed by atoms with Crippen molar-refractivity contribution in [3.05, 3.63) is 12.2 Å². The van der Waals surface area contributed by atoms with Crippen LogP contribution in [0, 0.1) is 11.3 Å². The van der Waals surface area contributed by atoms with E-state index in [2.05, 4.69) is 79.9 Å². The van der Waals surface area contributed by atoms with Gasteiger partial charge in [-0.2, -0.15) is 0 Å². The highest BCUT2D eigenvalue weighted by Crippen LogP contribution is 2.57. The standard InChI is InChI=1S/C22H42O4Si2/c1-20(2,3)27(7,8)23-15-22-14-16(26-28(9,10)21(4,5)6)13-17(22)18-11-12-19(22)25-24-18/h11-12,16-19H,13-15H2,1-10H3/t16-,17+,18-,19+,22-/m0/s1. The average molecular weight is 427 g/mol. The zero-order valence-corrected chi connectivity index (χ0v) is 21.7. The van der Waals surface area contributed by atoms with Gasteiger partial charge in [0.1, 0.15) is 12.2 Å². The highest BCUT2D eigenvalue weighted by molar-refractivity contribution is 6.74. The fourth-order valence-corrected chi connectivity index (χ4v) is 6.74. The molecule has 0 aromatic rings. The molecule has 0 aromatic heterocycles. The molecule has 162 valence electrons. The smallest absolute Gasteiger partial charge is 0.192 e. The van der Waals surface area contributed by atoms with E-state index >= 15 is 0 Å². The van der Waals surface area contributed by atoms with Gasteiger partial charge in [-0.1, -0.05) is 53.7 Å². The number of hydrogen-bond acceptors (Lipinski definition) is 4. The Balaban J connectivity index is 1.82. The van der Waals surface area contributed by atoms with Gasteiger partial charge in [0.15, 0.2) is 16.6 Å². The molecule has 0 spiro atoms. The second-order valence-corrected chi connectivity index (χ2v) is 21.9. The van der Waals surface area contributed by atoms with Gasteiger partial charge in [-0.15, -0.1) is 0 Å². The van der Waals surface area contributed by atoms with E-state index in [-0.39, 0.29) is 33.8 Å². The van der Waals surface area contributed by atoms with Crippen LogP contribution in [0.2, 0.25) is 36.3 Å². The third-order valence-electron chi connectivity index (χ3n) is 8.35. The molecule has 28 heavy (non-hydrogen) atoms. The van der Waals surface area contributed by atoms with E-state index in [9.17, 15) is 0 Å². The van der Waals surface area contributed by atoms with E-state index in [1.54, 1.807) is 0 Å². The van der Waals surface area contributed by atoms with Crippen LogP contribution in [0.25, 0.3) is 0 Å². The molecule has 1 saturated heterocycles. The summed E-state index contributed by atoms with van der Waals surface area (Å²) >= 11 is 0. The van der Waals surface area contributed by atoms with Crippen LogP contribution in [-0.2, 0) is 18.6 Å². The number of hydrogen-bond donors (Lipinski definition) is 0. The summed E-state index contributed by atoms with van der Waals surface area (Å²) in [5, 5.41) is 0.422. The monoisotopic (exact) mass is 426 g/mol. The van der Waals surface area contributed by atoms with Crippen molar-refractivity contribution in [1.82, 2.24) is 0 Å². The van der Waals surface area contributed by atoms with Crippen molar-refractivity contribution in [2.75, 3.05) is 6.61 Å². The number of fused-ring (bicyclic) bond motifs is 1. The summed E-state index contributed by atoms with van der Waals surface area (Å²) in [6, 6.07) is 0. The minimum atomic E-state index is -1.83. The summed E-state index contributed by atoms with van der Waals surface area (Å²) in [5.74, 6) is 0.413. The molecule has 2 fully saturated rings. The minimum absolute atomic E-state index is 0.0275. The highest BCUT2D eigenvalue weighted by atomic mass is 28.4. The summed E-state index contributed by atoms with van der Waals surface area (Å²) in [5.41, 5.74) is -0.0276. The third kappa shape index (κ3) is 3.85. The van der Waals surface area contributed by atoms with Crippen molar-refractivity contribution in [2.45, 2.75) is 109 Å². The Bertz CT molecular complexity index is 617. The maximum Gasteiger partial charge on any atom is 0.192 e. The van der Waals surface area contributed by atoms with Crippen LogP contribution in [0.4, 0.5) is 0 Å². The first-order chi connectivity index (χ1) is 12.6. The van der Waals surface area contributed by atoms with Crippen molar-refractivity contribution >= 4 is 16.6 Å². The minimum Gasteiger partial charge on any atom is -0.416 e. The average Bonchev–Trinajstić information content (AvgIpc) is 2.92. The molecule has 2 aliphatic heterocycles. The lowest BCUT2D eigenvalue weighted by atomic mass is 9.68. The Kier molecular flexibility index (Phi) is 5.69. The largest absolute Gasteiger partial charge is 0.416 e.